The van der Waals surface area contributed by atoms with Crippen molar-refractivity contribution in [3.63, 3.8) is 0 Å². The van der Waals surface area contributed by atoms with Crippen LogP contribution in [-0.2, 0) is 10.2 Å². The summed E-state index contributed by atoms with van der Waals surface area (Å²) in [7, 11) is 0. The third-order valence-corrected chi connectivity index (χ3v) is 3.19. The first-order chi connectivity index (χ1) is 9.58. The van der Waals surface area contributed by atoms with Crippen LogP contribution in [0.2, 0.25) is 0 Å². The predicted molar refractivity (Wildman–Crippen MR) is 75.5 cm³/mol. The third-order valence-electron chi connectivity index (χ3n) is 3.19. The Bertz CT molecular complexity index is 539. The molecule has 0 radical (unpaired) electrons. The zero-order chi connectivity index (χ0) is 16.3. The summed E-state index contributed by atoms with van der Waals surface area (Å²) >= 11 is 0. The minimum absolute atomic E-state index is 0.0256. The molecule has 0 saturated heterocycles. The lowest BCUT2D eigenvalue weighted by molar-refractivity contribution is -0.125. The summed E-state index contributed by atoms with van der Waals surface area (Å²) in [5, 5.41) is 15.6. The molecule has 1 aromatic heterocycles. The molecule has 1 amide bonds. The first-order valence-corrected chi connectivity index (χ1v) is 6.77. The van der Waals surface area contributed by atoms with Gasteiger partial charge in [0.1, 0.15) is 5.54 Å². The fourth-order valence-corrected chi connectivity index (χ4v) is 1.33. The number of nitrogens with zero attached hydrogens (tertiary/aromatic N) is 3. The number of aromatic nitrogens is 2. The molecule has 1 unspecified atom stereocenters. The number of nitriles is 1. The molecule has 0 aliphatic rings. The van der Waals surface area contributed by atoms with Gasteiger partial charge in [0.15, 0.2) is 12.4 Å². The largest absolute Gasteiger partial charge is 0.439 e. The van der Waals surface area contributed by atoms with E-state index in [9.17, 15) is 4.79 Å². The van der Waals surface area contributed by atoms with E-state index < -0.39 is 11.4 Å². The molecule has 116 valence electrons. The number of carbonyl (C=O) groups excluding carboxylic acids is 1. The predicted octanol–water partition coefficient (Wildman–Crippen LogP) is 1.80. The van der Waals surface area contributed by atoms with E-state index in [1.807, 2.05) is 34.6 Å². The van der Waals surface area contributed by atoms with E-state index in [4.69, 9.17) is 14.5 Å². The summed E-state index contributed by atoms with van der Waals surface area (Å²) in [4.78, 5) is 15.9. The first-order valence-electron chi connectivity index (χ1n) is 6.77. The molecule has 1 N–H and O–H groups in total. The van der Waals surface area contributed by atoms with Crippen molar-refractivity contribution in [2.45, 2.75) is 52.5 Å². The van der Waals surface area contributed by atoms with Gasteiger partial charge in [-0.1, -0.05) is 39.8 Å². The second kappa shape index (κ2) is 6.12. The average molecular weight is 294 g/mol. The Hall–Kier alpha value is -2.10. The molecule has 0 bridgehead atoms. The minimum Gasteiger partial charge on any atom is -0.439 e. The molecule has 0 aliphatic heterocycles. The van der Waals surface area contributed by atoms with Crippen LogP contribution in [0, 0.1) is 17.2 Å². The number of hydrogen-bond acceptors (Lipinski definition) is 6. The van der Waals surface area contributed by atoms with Gasteiger partial charge in [-0.15, -0.1) is 0 Å². The van der Waals surface area contributed by atoms with Crippen molar-refractivity contribution in [3.8, 4) is 12.1 Å². The smallest absolute Gasteiger partial charge is 0.417 e. The van der Waals surface area contributed by atoms with Crippen molar-refractivity contribution in [2.24, 2.45) is 5.92 Å². The third kappa shape index (κ3) is 4.45. The van der Waals surface area contributed by atoms with Crippen molar-refractivity contribution < 1.29 is 14.1 Å². The van der Waals surface area contributed by atoms with Crippen molar-refractivity contribution in [2.75, 3.05) is 6.61 Å². The Balaban J connectivity index is 2.58. The Morgan fingerprint density at radius 2 is 2.05 bits per heavy atom. The molecule has 0 aliphatic carbocycles. The van der Waals surface area contributed by atoms with Crippen molar-refractivity contribution >= 4 is 5.91 Å². The summed E-state index contributed by atoms with van der Waals surface area (Å²) in [5.41, 5.74) is -1.20. The van der Waals surface area contributed by atoms with Crippen molar-refractivity contribution in [1.82, 2.24) is 15.5 Å². The molecule has 0 aromatic carbocycles. The van der Waals surface area contributed by atoms with Gasteiger partial charge < -0.3 is 10.1 Å². The maximum atomic E-state index is 11.8. The quantitative estimate of drug-likeness (QED) is 0.888. The molecule has 1 rings (SSSR count). The van der Waals surface area contributed by atoms with Crippen LogP contribution in [0.4, 0.5) is 0 Å². The van der Waals surface area contributed by atoms with Crippen LogP contribution in [0.3, 0.4) is 0 Å². The summed E-state index contributed by atoms with van der Waals surface area (Å²) in [6, 6.07) is 2.09. The van der Waals surface area contributed by atoms with Crippen LogP contribution in [0.25, 0.3) is 0 Å². The number of amides is 1. The highest BCUT2D eigenvalue weighted by atomic mass is 16.6. The van der Waals surface area contributed by atoms with Crippen LogP contribution in [0.5, 0.6) is 6.08 Å². The van der Waals surface area contributed by atoms with E-state index in [1.165, 1.54) is 0 Å². The Morgan fingerprint density at radius 1 is 1.43 bits per heavy atom. The van der Waals surface area contributed by atoms with Crippen molar-refractivity contribution in [1.29, 1.82) is 5.26 Å². The van der Waals surface area contributed by atoms with Crippen LogP contribution >= 0.6 is 0 Å². The maximum absolute atomic E-state index is 11.8. The average Bonchev–Trinajstić information content (AvgIpc) is 2.84. The van der Waals surface area contributed by atoms with Gasteiger partial charge in [-0.2, -0.15) is 10.2 Å². The van der Waals surface area contributed by atoms with Crippen LogP contribution in [-0.4, -0.2) is 28.2 Å². The monoisotopic (exact) mass is 294 g/mol. The highest BCUT2D eigenvalue weighted by Crippen LogP contribution is 2.21. The molecule has 21 heavy (non-hydrogen) atoms. The summed E-state index contributed by atoms with van der Waals surface area (Å²) in [6.45, 7) is 10.9. The van der Waals surface area contributed by atoms with Gasteiger partial charge in [-0.05, 0) is 12.8 Å². The van der Waals surface area contributed by atoms with Gasteiger partial charge in [0.25, 0.3) is 5.91 Å². The number of carbonyl (C=O) groups is 1. The molecule has 1 aromatic rings. The Kier molecular flexibility index (Phi) is 4.94. The van der Waals surface area contributed by atoms with Gasteiger partial charge in [-0.3, -0.25) is 9.32 Å². The highest BCUT2D eigenvalue weighted by Gasteiger charge is 2.30. The molecular weight excluding hydrogens is 272 g/mol. The Labute approximate surface area is 124 Å². The number of hydrogen-bond donors (Lipinski definition) is 1. The zero-order valence-corrected chi connectivity index (χ0v) is 13.4. The van der Waals surface area contributed by atoms with E-state index >= 15 is 0 Å². The summed E-state index contributed by atoms with van der Waals surface area (Å²) in [6.07, 6.45) is -0.0571. The highest BCUT2D eigenvalue weighted by molar-refractivity contribution is 5.78. The normalized spacial score (nSPS) is 14.4. The zero-order valence-electron chi connectivity index (χ0n) is 13.4. The van der Waals surface area contributed by atoms with E-state index in [-0.39, 0.29) is 24.0 Å². The summed E-state index contributed by atoms with van der Waals surface area (Å²) in [5.74, 6) is 0.0626. The SMILES string of the molecule is CC(C)C(C)(C#N)NC(=O)COc1nc(C(C)(C)C)no1. The van der Waals surface area contributed by atoms with Gasteiger partial charge >= 0.3 is 6.08 Å². The second-order valence-corrected chi connectivity index (χ2v) is 6.44. The number of ether oxygens (including phenoxy) is 1. The van der Waals surface area contributed by atoms with Crippen molar-refractivity contribution in [3.05, 3.63) is 5.82 Å². The topological polar surface area (TPSA) is 101 Å². The lowest BCUT2D eigenvalue weighted by Gasteiger charge is -2.26. The molecule has 0 saturated carbocycles. The van der Waals surface area contributed by atoms with Gasteiger partial charge in [0, 0.05) is 5.41 Å². The molecule has 1 heterocycles. The van der Waals surface area contributed by atoms with E-state index in [0.29, 0.717) is 5.82 Å². The van der Waals surface area contributed by atoms with Gasteiger partial charge in [-0.25, -0.2) is 0 Å². The minimum atomic E-state index is -0.939. The molecular formula is C14H22N4O3. The summed E-state index contributed by atoms with van der Waals surface area (Å²) < 4.78 is 10.1. The fourth-order valence-electron chi connectivity index (χ4n) is 1.33. The molecule has 7 nitrogen and oxygen atoms in total. The standard InChI is InChI=1S/C14H22N4O3/c1-9(2)14(6,8-15)17-10(19)7-20-12-16-11(18-21-12)13(3,4)5/h9H,7H2,1-6H3,(H,17,19). The maximum Gasteiger partial charge on any atom is 0.417 e. The first kappa shape index (κ1) is 17.0. The van der Waals surface area contributed by atoms with Crippen LogP contribution in [0.1, 0.15) is 47.4 Å². The Morgan fingerprint density at radius 3 is 2.48 bits per heavy atom. The number of nitrogens with one attached hydrogen (secondary N) is 1. The lowest BCUT2D eigenvalue weighted by Crippen LogP contribution is -2.50. The number of rotatable bonds is 5. The van der Waals surface area contributed by atoms with Gasteiger partial charge in [0.05, 0.1) is 6.07 Å². The fraction of sp³-hybridized carbons (Fsp3) is 0.714. The van der Waals surface area contributed by atoms with Crippen LogP contribution < -0.4 is 10.1 Å². The second-order valence-electron chi connectivity index (χ2n) is 6.44. The van der Waals surface area contributed by atoms with E-state index in [0.717, 1.165) is 0 Å². The van der Waals surface area contributed by atoms with E-state index in [2.05, 4.69) is 21.5 Å². The molecule has 7 heteroatoms. The van der Waals surface area contributed by atoms with Crippen LogP contribution in [0.15, 0.2) is 4.52 Å². The lowest BCUT2D eigenvalue weighted by atomic mass is 9.90. The molecule has 1 atom stereocenters. The van der Waals surface area contributed by atoms with Gasteiger partial charge in [0.2, 0.25) is 0 Å². The molecule has 0 fully saturated rings. The molecule has 0 spiro atoms. The van der Waals surface area contributed by atoms with E-state index in [1.54, 1.807) is 6.92 Å².